The van der Waals surface area contributed by atoms with Gasteiger partial charge in [-0.05, 0) is 42.7 Å². The number of nitro groups is 1. The summed E-state index contributed by atoms with van der Waals surface area (Å²) in [6.45, 7) is 1.95. The Morgan fingerprint density at radius 1 is 1.25 bits per heavy atom. The second-order valence-corrected chi connectivity index (χ2v) is 6.67. The molecule has 0 aromatic heterocycles. The fourth-order valence-corrected chi connectivity index (χ4v) is 3.12. The van der Waals surface area contributed by atoms with Crippen molar-refractivity contribution in [1.29, 1.82) is 0 Å². The summed E-state index contributed by atoms with van der Waals surface area (Å²) in [5.41, 5.74) is 3.45. The normalized spacial score (nSPS) is 14.5. The first-order valence-corrected chi connectivity index (χ1v) is 8.36. The van der Waals surface area contributed by atoms with Crippen LogP contribution in [0.15, 0.2) is 40.9 Å². The molecule has 7 heteroatoms. The predicted molar refractivity (Wildman–Crippen MR) is 96.2 cm³/mol. The molecule has 1 aliphatic heterocycles. The van der Waals surface area contributed by atoms with Gasteiger partial charge >= 0.3 is 0 Å². The SMILES string of the molecule is CC(Nc1ccc(Br)cc1[N+](=O)[O-])c1ccc2c(c1)CCC(=O)N2. The largest absolute Gasteiger partial charge is 0.373 e. The third-order valence-electron chi connectivity index (χ3n) is 4.05. The minimum Gasteiger partial charge on any atom is -0.373 e. The molecule has 0 saturated heterocycles. The number of nitro benzene ring substituents is 1. The number of carbonyl (C=O) groups is 1. The second-order valence-electron chi connectivity index (χ2n) is 5.75. The lowest BCUT2D eigenvalue weighted by Crippen LogP contribution is -2.19. The van der Waals surface area contributed by atoms with Crippen LogP contribution in [0.4, 0.5) is 17.1 Å². The van der Waals surface area contributed by atoms with Crippen molar-refractivity contribution in [3.05, 3.63) is 62.1 Å². The number of carbonyl (C=O) groups excluding carboxylic acids is 1. The van der Waals surface area contributed by atoms with Gasteiger partial charge in [-0.3, -0.25) is 14.9 Å². The average Bonchev–Trinajstić information content (AvgIpc) is 2.55. The standard InChI is InChI=1S/C17H16BrN3O3/c1-10(19-15-6-4-13(18)9-16(15)21(23)24)11-2-5-14-12(8-11)3-7-17(22)20-14/h2,4-6,8-10,19H,3,7H2,1H3,(H,20,22). The molecule has 0 saturated carbocycles. The molecule has 0 radical (unpaired) electrons. The Bertz CT molecular complexity index is 823. The molecule has 6 nitrogen and oxygen atoms in total. The molecule has 2 aromatic rings. The average molecular weight is 390 g/mol. The second kappa shape index (κ2) is 6.60. The smallest absolute Gasteiger partial charge is 0.293 e. The summed E-state index contributed by atoms with van der Waals surface area (Å²) >= 11 is 3.26. The van der Waals surface area contributed by atoms with Crippen molar-refractivity contribution >= 4 is 38.9 Å². The quantitative estimate of drug-likeness (QED) is 0.598. The van der Waals surface area contributed by atoms with Gasteiger partial charge in [0.1, 0.15) is 5.69 Å². The molecule has 0 aliphatic carbocycles. The lowest BCUT2D eigenvalue weighted by Gasteiger charge is -2.21. The highest BCUT2D eigenvalue weighted by Gasteiger charge is 2.19. The number of aryl methyl sites for hydroxylation is 1. The van der Waals surface area contributed by atoms with E-state index >= 15 is 0 Å². The first-order chi connectivity index (χ1) is 11.4. The van der Waals surface area contributed by atoms with E-state index in [0.29, 0.717) is 23.0 Å². The molecule has 2 aromatic carbocycles. The lowest BCUT2D eigenvalue weighted by molar-refractivity contribution is -0.384. The highest BCUT2D eigenvalue weighted by molar-refractivity contribution is 9.10. The van der Waals surface area contributed by atoms with Crippen LogP contribution < -0.4 is 10.6 Å². The Kier molecular flexibility index (Phi) is 4.53. The maximum Gasteiger partial charge on any atom is 0.293 e. The van der Waals surface area contributed by atoms with Crippen LogP contribution in [0.3, 0.4) is 0 Å². The predicted octanol–water partition coefficient (Wildman–Crippen LogP) is 4.42. The molecule has 0 spiro atoms. The molecule has 1 atom stereocenters. The Labute approximate surface area is 147 Å². The number of anilines is 2. The molecular formula is C17H16BrN3O3. The zero-order valence-electron chi connectivity index (χ0n) is 13.0. The molecule has 3 rings (SSSR count). The van der Waals surface area contributed by atoms with Crippen molar-refractivity contribution < 1.29 is 9.72 Å². The van der Waals surface area contributed by atoms with Crippen LogP contribution in [0.5, 0.6) is 0 Å². The van der Waals surface area contributed by atoms with Crippen LogP contribution in [-0.2, 0) is 11.2 Å². The molecule has 0 bridgehead atoms. The molecule has 24 heavy (non-hydrogen) atoms. The summed E-state index contributed by atoms with van der Waals surface area (Å²) < 4.78 is 0.664. The number of benzene rings is 2. The monoisotopic (exact) mass is 389 g/mol. The zero-order chi connectivity index (χ0) is 17.3. The van der Waals surface area contributed by atoms with Crippen molar-refractivity contribution in [1.82, 2.24) is 0 Å². The van der Waals surface area contributed by atoms with Crippen molar-refractivity contribution in [2.75, 3.05) is 10.6 Å². The Hall–Kier alpha value is -2.41. The minimum absolute atomic E-state index is 0.0291. The number of nitrogens with one attached hydrogen (secondary N) is 2. The third kappa shape index (κ3) is 3.41. The number of halogens is 1. The highest BCUT2D eigenvalue weighted by atomic mass is 79.9. The number of rotatable bonds is 4. The molecule has 124 valence electrons. The van der Waals surface area contributed by atoms with Gasteiger partial charge in [0.15, 0.2) is 0 Å². The molecular weight excluding hydrogens is 374 g/mol. The molecule has 0 fully saturated rings. The van der Waals surface area contributed by atoms with Crippen molar-refractivity contribution in [3.8, 4) is 0 Å². The molecule has 1 amide bonds. The number of amides is 1. The van der Waals surface area contributed by atoms with E-state index in [-0.39, 0.29) is 17.6 Å². The summed E-state index contributed by atoms with van der Waals surface area (Å²) in [4.78, 5) is 22.2. The molecule has 1 aliphatic rings. The minimum atomic E-state index is -0.401. The summed E-state index contributed by atoms with van der Waals surface area (Å²) in [6, 6.07) is 10.7. The van der Waals surface area contributed by atoms with Crippen molar-refractivity contribution in [2.45, 2.75) is 25.8 Å². The van der Waals surface area contributed by atoms with E-state index < -0.39 is 4.92 Å². The topological polar surface area (TPSA) is 84.3 Å². The fraction of sp³-hybridized carbons (Fsp3) is 0.235. The summed E-state index contributed by atoms with van der Waals surface area (Å²) in [6.07, 6.45) is 1.19. The van der Waals surface area contributed by atoms with Crippen molar-refractivity contribution in [2.24, 2.45) is 0 Å². The lowest BCUT2D eigenvalue weighted by atomic mass is 9.97. The maximum atomic E-state index is 11.4. The van der Waals surface area contributed by atoms with Gasteiger partial charge in [-0.1, -0.05) is 28.1 Å². The molecule has 1 heterocycles. The van der Waals surface area contributed by atoms with E-state index in [0.717, 1.165) is 16.8 Å². The van der Waals surface area contributed by atoms with Crippen LogP contribution in [0.1, 0.15) is 30.5 Å². The molecule has 2 N–H and O–H groups in total. The van der Waals surface area contributed by atoms with Crippen LogP contribution >= 0.6 is 15.9 Å². The highest BCUT2D eigenvalue weighted by Crippen LogP contribution is 2.32. The maximum absolute atomic E-state index is 11.4. The van der Waals surface area contributed by atoms with E-state index in [1.54, 1.807) is 12.1 Å². The number of nitrogens with zero attached hydrogens (tertiary/aromatic N) is 1. The van der Waals surface area contributed by atoms with E-state index in [9.17, 15) is 14.9 Å². The Balaban J connectivity index is 1.84. The number of hydrogen-bond acceptors (Lipinski definition) is 4. The van der Waals surface area contributed by atoms with Gasteiger partial charge in [-0.15, -0.1) is 0 Å². The van der Waals surface area contributed by atoms with Crippen LogP contribution in [0, 0.1) is 10.1 Å². The van der Waals surface area contributed by atoms with Gasteiger partial charge < -0.3 is 10.6 Å². The Morgan fingerprint density at radius 3 is 2.79 bits per heavy atom. The third-order valence-corrected chi connectivity index (χ3v) is 4.55. The van der Waals surface area contributed by atoms with E-state index in [4.69, 9.17) is 0 Å². The van der Waals surface area contributed by atoms with Crippen LogP contribution in [0.2, 0.25) is 0 Å². The summed E-state index contributed by atoms with van der Waals surface area (Å²) in [5, 5.41) is 17.3. The summed E-state index contributed by atoms with van der Waals surface area (Å²) in [7, 11) is 0. The first kappa shape index (κ1) is 16.4. The van der Waals surface area contributed by atoms with Gasteiger partial charge in [-0.2, -0.15) is 0 Å². The Morgan fingerprint density at radius 2 is 2.04 bits per heavy atom. The van der Waals surface area contributed by atoms with E-state index in [1.165, 1.54) is 6.07 Å². The molecule has 1 unspecified atom stereocenters. The van der Waals surface area contributed by atoms with Crippen molar-refractivity contribution in [3.63, 3.8) is 0 Å². The number of hydrogen-bond donors (Lipinski definition) is 2. The number of fused-ring (bicyclic) bond motifs is 1. The van der Waals surface area contributed by atoms with Gasteiger partial charge in [0, 0.05) is 28.7 Å². The first-order valence-electron chi connectivity index (χ1n) is 7.57. The van der Waals surface area contributed by atoms with Crippen LogP contribution in [0.25, 0.3) is 0 Å². The van der Waals surface area contributed by atoms with Gasteiger partial charge in [0.05, 0.1) is 4.92 Å². The van der Waals surface area contributed by atoms with Gasteiger partial charge in [0.2, 0.25) is 5.91 Å². The van der Waals surface area contributed by atoms with Gasteiger partial charge in [-0.25, -0.2) is 0 Å². The zero-order valence-corrected chi connectivity index (χ0v) is 14.6. The van der Waals surface area contributed by atoms with E-state index in [1.807, 2.05) is 25.1 Å². The fourth-order valence-electron chi connectivity index (χ4n) is 2.77. The van der Waals surface area contributed by atoms with E-state index in [2.05, 4.69) is 26.6 Å². The summed E-state index contributed by atoms with van der Waals surface area (Å²) in [5.74, 6) is 0.0342. The van der Waals surface area contributed by atoms with Crippen LogP contribution in [-0.4, -0.2) is 10.8 Å². The van der Waals surface area contributed by atoms with Gasteiger partial charge in [0.25, 0.3) is 5.69 Å².